The Labute approximate surface area is 177 Å². The summed E-state index contributed by atoms with van der Waals surface area (Å²) in [6.07, 6.45) is 6.58. The molecule has 11 nitrogen and oxygen atoms in total. The van der Waals surface area contributed by atoms with Gasteiger partial charge in [0.1, 0.15) is 12.2 Å². The van der Waals surface area contributed by atoms with E-state index in [0.29, 0.717) is 35.9 Å². The number of hydrogen-bond donors (Lipinski definition) is 1. The van der Waals surface area contributed by atoms with Crippen molar-refractivity contribution in [2.45, 2.75) is 31.8 Å². The van der Waals surface area contributed by atoms with Crippen molar-refractivity contribution in [2.75, 3.05) is 14.2 Å². The number of rotatable bonds is 5. The van der Waals surface area contributed by atoms with Gasteiger partial charge in [-0.05, 0) is 25.3 Å². The van der Waals surface area contributed by atoms with Crippen LogP contribution < -0.4 is 20.3 Å². The van der Waals surface area contributed by atoms with Crippen molar-refractivity contribution in [1.82, 2.24) is 35.0 Å². The number of aromatic nitrogens is 6. The highest BCUT2D eigenvalue weighted by Gasteiger charge is 2.27. The maximum absolute atomic E-state index is 13.0. The van der Waals surface area contributed by atoms with Gasteiger partial charge in [-0.25, -0.2) is 15.0 Å². The van der Waals surface area contributed by atoms with Crippen LogP contribution >= 0.6 is 0 Å². The van der Waals surface area contributed by atoms with Crippen LogP contribution in [0.1, 0.15) is 41.6 Å². The molecule has 11 heteroatoms. The van der Waals surface area contributed by atoms with Gasteiger partial charge in [0.05, 0.1) is 37.8 Å². The topological polar surface area (TPSA) is 134 Å². The monoisotopic (exact) mass is 423 g/mol. The van der Waals surface area contributed by atoms with E-state index in [1.54, 1.807) is 16.8 Å². The minimum Gasteiger partial charge on any atom is -0.491 e. The second-order valence-electron chi connectivity index (χ2n) is 6.90. The van der Waals surface area contributed by atoms with Gasteiger partial charge in [0, 0.05) is 18.8 Å². The van der Waals surface area contributed by atoms with Crippen LogP contribution in [0.5, 0.6) is 11.5 Å². The zero-order valence-electron chi connectivity index (χ0n) is 17.1. The number of nitrogens with zero attached hydrogens (tertiary/aromatic N) is 6. The van der Waals surface area contributed by atoms with Gasteiger partial charge in [-0.1, -0.05) is 0 Å². The lowest BCUT2D eigenvalue weighted by Gasteiger charge is -2.20. The van der Waals surface area contributed by atoms with Crippen molar-refractivity contribution in [3.05, 3.63) is 52.7 Å². The highest BCUT2D eigenvalue weighted by atomic mass is 16.5. The van der Waals surface area contributed by atoms with Gasteiger partial charge in [-0.3, -0.25) is 14.2 Å². The second-order valence-corrected chi connectivity index (χ2v) is 6.90. The molecule has 1 aliphatic rings. The molecule has 0 aromatic carbocycles. The van der Waals surface area contributed by atoms with E-state index in [1.807, 2.05) is 0 Å². The van der Waals surface area contributed by atoms with E-state index < -0.39 is 11.9 Å². The van der Waals surface area contributed by atoms with Gasteiger partial charge < -0.3 is 14.8 Å². The van der Waals surface area contributed by atoms with Crippen molar-refractivity contribution in [2.24, 2.45) is 0 Å². The predicted molar refractivity (Wildman–Crippen MR) is 109 cm³/mol. The smallest absolute Gasteiger partial charge is 0.276 e. The third-order valence-electron chi connectivity index (χ3n) is 5.03. The van der Waals surface area contributed by atoms with Crippen molar-refractivity contribution < 1.29 is 14.3 Å². The summed E-state index contributed by atoms with van der Waals surface area (Å²) < 4.78 is 12.1. The molecule has 1 amide bonds. The molecule has 4 heterocycles. The average Bonchev–Trinajstić information content (AvgIpc) is 3.01. The summed E-state index contributed by atoms with van der Waals surface area (Å²) >= 11 is 0. The molecule has 3 aromatic heterocycles. The van der Waals surface area contributed by atoms with Crippen molar-refractivity contribution in [1.29, 1.82) is 0 Å². The molecule has 1 aliphatic heterocycles. The first-order chi connectivity index (χ1) is 15.1. The number of ether oxygens (including phenoxy) is 2. The first kappa shape index (κ1) is 20.4. The van der Waals surface area contributed by atoms with E-state index in [1.165, 1.54) is 32.8 Å². The van der Waals surface area contributed by atoms with Gasteiger partial charge >= 0.3 is 0 Å². The fourth-order valence-electron chi connectivity index (χ4n) is 3.55. The molecule has 1 atom stereocenters. The lowest BCUT2D eigenvalue weighted by atomic mass is 10.1. The van der Waals surface area contributed by atoms with Gasteiger partial charge in [-0.2, -0.15) is 5.10 Å². The summed E-state index contributed by atoms with van der Waals surface area (Å²) in [6.45, 7) is 0.528. The standard InChI is InChI=1S/C20H21N7O4/c1-30-15-10-23-26-17(18(15)31-2)20(29)25-13-5-3-4-8-27-16(28)9-14(24-19(13)27)12-6-7-21-11-22-12/h6-7,9-11,13H,3-5,8H2,1-2H3,(H,25,29)/t13-/m0/s1. The first-order valence-corrected chi connectivity index (χ1v) is 9.75. The summed E-state index contributed by atoms with van der Waals surface area (Å²) in [5.74, 6) is 0.457. The Morgan fingerprint density at radius 3 is 2.84 bits per heavy atom. The Morgan fingerprint density at radius 1 is 1.23 bits per heavy atom. The Balaban J connectivity index is 1.72. The van der Waals surface area contributed by atoms with Crippen LogP contribution in [0.15, 0.2) is 35.6 Å². The van der Waals surface area contributed by atoms with E-state index in [2.05, 4.69) is 30.5 Å². The molecule has 0 bridgehead atoms. The number of nitrogens with one attached hydrogen (secondary N) is 1. The summed E-state index contributed by atoms with van der Waals surface area (Å²) in [7, 11) is 2.88. The SMILES string of the molecule is COc1cnnc(C(=O)N[C@H]2CCCCn3c2nc(-c2ccncn2)cc3=O)c1OC. The van der Waals surface area contributed by atoms with E-state index in [-0.39, 0.29) is 17.0 Å². The summed E-state index contributed by atoms with van der Waals surface area (Å²) in [6, 6.07) is 2.63. The first-order valence-electron chi connectivity index (χ1n) is 9.75. The Hall–Kier alpha value is -3.89. The summed E-state index contributed by atoms with van der Waals surface area (Å²) in [4.78, 5) is 38.6. The summed E-state index contributed by atoms with van der Waals surface area (Å²) in [5.41, 5.74) is 0.758. The van der Waals surface area contributed by atoms with E-state index in [0.717, 1.165) is 12.8 Å². The van der Waals surface area contributed by atoms with E-state index >= 15 is 0 Å². The normalized spacial score (nSPS) is 15.5. The zero-order valence-corrected chi connectivity index (χ0v) is 17.1. The van der Waals surface area contributed by atoms with Crippen LogP contribution in [-0.2, 0) is 6.54 Å². The Kier molecular flexibility index (Phi) is 5.83. The molecule has 0 aliphatic carbocycles. The van der Waals surface area contributed by atoms with Crippen LogP contribution in [0, 0.1) is 0 Å². The van der Waals surface area contributed by atoms with Gasteiger partial charge in [0.15, 0.2) is 17.2 Å². The predicted octanol–water partition coefficient (Wildman–Crippen LogP) is 1.16. The fourth-order valence-corrected chi connectivity index (χ4v) is 3.55. The van der Waals surface area contributed by atoms with Crippen LogP contribution in [0.2, 0.25) is 0 Å². The van der Waals surface area contributed by atoms with Gasteiger partial charge in [0.25, 0.3) is 11.5 Å². The van der Waals surface area contributed by atoms with Crippen LogP contribution in [-0.4, -0.2) is 49.8 Å². The molecular weight excluding hydrogens is 402 g/mol. The lowest BCUT2D eigenvalue weighted by molar-refractivity contribution is 0.0921. The van der Waals surface area contributed by atoms with Gasteiger partial charge in [0.2, 0.25) is 0 Å². The number of carbonyl (C=O) groups is 1. The fraction of sp³-hybridized carbons (Fsp3) is 0.350. The molecule has 1 N–H and O–H groups in total. The van der Waals surface area contributed by atoms with Crippen LogP contribution in [0.25, 0.3) is 11.4 Å². The molecule has 31 heavy (non-hydrogen) atoms. The summed E-state index contributed by atoms with van der Waals surface area (Å²) in [5, 5.41) is 10.7. The molecule has 0 fully saturated rings. The number of fused-ring (bicyclic) bond motifs is 1. The number of amides is 1. The molecule has 160 valence electrons. The molecule has 4 rings (SSSR count). The second kappa shape index (κ2) is 8.86. The number of methoxy groups -OCH3 is 2. The number of hydrogen-bond acceptors (Lipinski definition) is 9. The highest BCUT2D eigenvalue weighted by molar-refractivity contribution is 5.95. The molecule has 3 aromatic rings. The van der Waals surface area contributed by atoms with E-state index in [9.17, 15) is 9.59 Å². The highest BCUT2D eigenvalue weighted by Crippen LogP contribution is 2.29. The van der Waals surface area contributed by atoms with E-state index in [4.69, 9.17) is 9.47 Å². The third kappa shape index (κ3) is 4.06. The molecule has 0 saturated heterocycles. The minimum absolute atomic E-state index is 0.00745. The van der Waals surface area contributed by atoms with Crippen LogP contribution in [0.4, 0.5) is 0 Å². The van der Waals surface area contributed by atoms with Crippen molar-refractivity contribution in [3.8, 4) is 22.9 Å². The molecule has 0 saturated carbocycles. The average molecular weight is 423 g/mol. The lowest BCUT2D eigenvalue weighted by Crippen LogP contribution is -2.34. The molecule has 0 spiro atoms. The third-order valence-corrected chi connectivity index (χ3v) is 5.03. The maximum Gasteiger partial charge on any atom is 0.276 e. The Bertz CT molecular complexity index is 1150. The molecule has 0 radical (unpaired) electrons. The Morgan fingerprint density at radius 2 is 2.10 bits per heavy atom. The van der Waals surface area contributed by atoms with Gasteiger partial charge in [-0.15, -0.1) is 5.10 Å². The quantitative estimate of drug-likeness (QED) is 0.641. The van der Waals surface area contributed by atoms with Crippen LogP contribution in [0.3, 0.4) is 0 Å². The van der Waals surface area contributed by atoms with Crippen molar-refractivity contribution in [3.63, 3.8) is 0 Å². The maximum atomic E-state index is 13.0. The largest absolute Gasteiger partial charge is 0.491 e. The number of carbonyl (C=O) groups excluding carboxylic acids is 1. The minimum atomic E-state index is -0.498. The molecule has 0 unspecified atom stereocenters. The molecular formula is C20H21N7O4. The van der Waals surface area contributed by atoms with Crippen molar-refractivity contribution >= 4 is 5.91 Å². The zero-order chi connectivity index (χ0) is 21.8.